The van der Waals surface area contributed by atoms with Crippen LogP contribution in [0.15, 0.2) is 103 Å². The van der Waals surface area contributed by atoms with Crippen molar-refractivity contribution < 1.29 is 13.6 Å². The van der Waals surface area contributed by atoms with Crippen molar-refractivity contribution in [3.8, 4) is 0 Å². The predicted octanol–water partition coefficient (Wildman–Crippen LogP) is 7.11. The maximum absolute atomic E-state index is 15.2. The van der Waals surface area contributed by atoms with Gasteiger partial charge in [0.15, 0.2) is 0 Å². The summed E-state index contributed by atoms with van der Waals surface area (Å²) in [5.74, 6) is -1.24. The lowest BCUT2D eigenvalue weighted by atomic mass is 9.87. The van der Waals surface area contributed by atoms with Gasteiger partial charge in [0, 0.05) is 42.5 Å². The van der Waals surface area contributed by atoms with E-state index in [-0.39, 0.29) is 24.0 Å². The molecule has 186 valence electrons. The van der Waals surface area contributed by atoms with Crippen LogP contribution in [0.3, 0.4) is 0 Å². The average molecular weight is 495 g/mol. The summed E-state index contributed by atoms with van der Waals surface area (Å²) in [7, 11) is 0. The highest BCUT2D eigenvalue weighted by atomic mass is 19.1. The van der Waals surface area contributed by atoms with E-state index in [1.807, 2.05) is 73.8 Å². The van der Waals surface area contributed by atoms with E-state index in [1.165, 1.54) is 18.2 Å². The maximum Gasteiger partial charge on any atom is 0.221 e. The zero-order valence-corrected chi connectivity index (χ0v) is 20.6. The number of benzene rings is 4. The minimum Gasteiger partial charge on any atom is -0.352 e. The minimum absolute atomic E-state index is 0.109. The number of carbonyl (C=O) groups is 1. The second-order valence-electron chi connectivity index (χ2n) is 9.40. The lowest BCUT2D eigenvalue weighted by Gasteiger charge is -2.19. The molecule has 0 radical (unpaired) electrons. The molecule has 0 bridgehead atoms. The van der Waals surface area contributed by atoms with Gasteiger partial charge in [-0.3, -0.25) is 4.79 Å². The number of carbonyl (C=O) groups excluding carboxylic acids is 1. The van der Waals surface area contributed by atoms with E-state index in [1.54, 1.807) is 18.2 Å². The summed E-state index contributed by atoms with van der Waals surface area (Å²) in [5, 5.41) is 3.96. The van der Waals surface area contributed by atoms with Crippen molar-refractivity contribution in [1.29, 1.82) is 0 Å². The highest BCUT2D eigenvalue weighted by Gasteiger charge is 2.25. The molecule has 5 aromatic rings. The van der Waals surface area contributed by atoms with Gasteiger partial charge in [-0.25, -0.2) is 8.78 Å². The largest absolute Gasteiger partial charge is 0.352 e. The number of aromatic nitrogens is 1. The molecule has 1 amide bonds. The molecule has 1 N–H and O–H groups in total. The summed E-state index contributed by atoms with van der Waals surface area (Å²) in [6, 6.07) is 29.1. The van der Waals surface area contributed by atoms with Crippen LogP contribution in [-0.2, 0) is 17.9 Å². The second kappa shape index (κ2) is 10.8. The average Bonchev–Trinajstić information content (AvgIpc) is 3.27. The van der Waals surface area contributed by atoms with Crippen LogP contribution in [0, 0.1) is 18.6 Å². The van der Waals surface area contributed by atoms with Gasteiger partial charge in [0.05, 0.1) is 0 Å². The molecule has 0 spiro atoms. The lowest BCUT2D eigenvalue weighted by molar-refractivity contribution is -0.121. The van der Waals surface area contributed by atoms with E-state index in [0.717, 1.165) is 33.2 Å². The molecule has 1 heterocycles. The molecular weight excluding hydrogens is 466 g/mol. The van der Waals surface area contributed by atoms with Gasteiger partial charge in [-0.05, 0) is 53.4 Å². The number of rotatable bonds is 8. The van der Waals surface area contributed by atoms with Crippen LogP contribution in [0.25, 0.3) is 10.9 Å². The normalized spacial score (nSPS) is 12.0. The minimum atomic E-state index is -0.477. The van der Waals surface area contributed by atoms with Crippen molar-refractivity contribution in [3.05, 3.63) is 143 Å². The van der Waals surface area contributed by atoms with Crippen molar-refractivity contribution in [2.45, 2.75) is 32.4 Å². The molecule has 37 heavy (non-hydrogen) atoms. The van der Waals surface area contributed by atoms with Crippen LogP contribution in [0.2, 0.25) is 0 Å². The summed E-state index contributed by atoms with van der Waals surface area (Å²) < 4.78 is 30.8. The van der Waals surface area contributed by atoms with Gasteiger partial charge in [-0.2, -0.15) is 0 Å². The molecule has 0 saturated carbocycles. The van der Waals surface area contributed by atoms with Gasteiger partial charge in [0.25, 0.3) is 0 Å². The smallest absolute Gasteiger partial charge is 0.221 e. The van der Waals surface area contributed by atoms with Gasteiger partial charge >= 0.3 is 0 Å². The molecule has 5 rings (SSSR count). The number of hydrogen-bond acceptors (Lipinski definition) is 1. The summed E-state index contributed by atoms with van der Waals surface area (Å²) in [4.78, 5) is 13.2. The predicted molar refractivity (Wildman–Crippen MR) is 143 cm³/mol. The Hall–Kier alpha value is -4.25. The molecule has 0 aliphatic rings. The monoisotopic (exact) mass is 494 g/mol. The molecule has 0 unspecified atom stereocenters. The van der Waals surface area contributed by atoms with E-state index >= 15 is 4.39 Å². The molecule has 1 aromatic heterocycles. The van der Waals surface area contributed by atoms with Gasteiger partial charge in [-0.15, -0.1) is 0 Å². The van der Waals surface area contributed by atoms with E-state index < -0.39 is 5.92 Å². The highest BCUT2D eigenvalue weighted by molar-refractivity contribution is 5.87. The first kappa shape index (κ1) is 24.4. The number of nitrogens with one attached hydrogen (secondary N) is 1. The summed E-state index contributed by atoms with van der Waals surface area (Å²) >= 11 is 0. The summed E-state index contributed by atoms with van der Waals surface area (Å²) in [6.45, 7) is 2.87. The van der Waals surface area contributed by atoms with Gasteiger partial charge in [0.1, 0.15) is 11.6 Å². The third-order valence-corrected chi connectivity index (χ3v) is 6.71. The number of nitrogens with zero attached hydrogens (tertiary/aromatic N) is 1. The van der Waals surface area contributed by atoms with Crippen molar-refractivity contribution in [3.63, 3.8) is 0 Å². The van der Waals surface area contributed by atoms with Crippen molar-refractivity contribution >= 4 is 16.8 Å². The fraction of sp³-hybridized carbons (Fsp3) is 0.156. The summed E-state index contributed by atoms with van der Waals surface area (Å²) in [6.07, 6.45) is 2.11. The number of hydrogen-bond donors (Lipinski definition) is 1. The van der Waals surface area contributed by atoms with Crippen LogP contribution in [0.1, 0.15) is 40.2 Å². The van der Waals surface area contributed by atoms with Crippen LogP contribution >= 0.6 is 0 Å². The molecule has 4 aromatic carbocycles. The Labute approximate surface area is 215 Å². The molecule has 1 atom stereocenters. The Balaban J connectivity index is 1.53. The number of amides is 1. The standard InChI is InChI=1S/C32H28F2N2O/c1-22-11-16-30(34)28(17-22)27(18-32(37)35-19-23-7-3-2-4-8-23)29-21-36(31-10-6-5-9-26(29)31)20-24-12-14-25(33)15-13-24/h2-17,21,27H,18-20H2,1H3,(H,35,37)/t27-/m0/s1. The van der Waals surface area contributed by atoms with Crippen LogP contribution in [-0.4, -0.2) is 10.5 Å². The third kappa shape index (κ3) is 5.61. The number of aryl methyl sites for hydroxylation is 1. The molecule has 0 fully saturated rings. The first-order valence-corrected chi connectivity index (χ1v) is 12.4. The fourth-order valence-electron chi connectivity index (χ4n) is 4.84. The Bertz CT molecular complexity index is 1520. The van der Waals surface area contributed by atoms with Crippen molar-refractivity contribution in [2.75, 3.05) is 0 Å². The third-order valence-electron chi connectivity index (χ3n) is 6.71. The van der Waals surface area contributed by atoms with E-state index in [9.17, 15) is 9.18 Å². The summed E-state index contributed by atoms with van der Waals surface area (Å²) in [5.41, 5.74) is 5.25. The lowest BCUT2D eigenvalue weighted by Crippen LogP contribution is -2.25. The van der Waals surface area contributed by atoms with E-state index in [0.29, 0.717) is 18.7 Å². The SMILES string of the molecule is Cc1ccc(F)c([C@H](CC(=O)NCc2ccccc2)c2cn(Cc3ccc(F)cc3)c3ccccc23)c1. The van der Waals surface area contributed by atoms with Gasteiger partial charge < -0.3 is 9.88 Å². The number of para-hydroxylation sites is 1. The van der Waals surface area contributed by atoms with E-state index in [4.69, 9.17) is 0 Å². The number of fused-ring (bicyclic) bond motifs is 1. The quantitative estimate of drug-likeness (QED) is 0.245. The topological polar surface area (TPSA) is 34.0 Å². The molecule has 5 heteroatoms. The number of halogens is 2. The first-order chi connectivity index (χ1) is 18.0. The van der Waals surface area contributed by atoms with Gasteiger partial charge in [0.2, 0.25) is 5.91 Å². The maximum atomic E-state index is 15.2. The van der Waals surface area contributed by atoms with E-state index in [2.05, 4.69) is 9.88 Å². The van der Waals surface area contributed by atoms with Crippen LogP contribution < -0.4 is 5.32 Å². The Morgan fingerprint density at radius 3 is 2.35 bits per heavy atom. The zero-order chi connectivity index (χ0) is 25.8. The highest BCUT2D eigenvalue weighted by Crippen LogP contribution is 2.36. The van der Waals surface area contributed by atoms with Crippen molar-refractivity contribution in [2.24, 2.45) is 0 Å². The fourth-order valence-corrected chi connectivity index (χ4v) is 4.84. The van der Waals surface area contributed by atoms with Gasteiger partial charge in [-0.1, -0.05) is 78.4 Å². The molecule has 0 aliphatic heterocycles. The van der Waals surface area contributed by atoms with Crippen molar-refractivity contribution in [1.82, 2.24) is 9.88 Å². The zero-order valence-electron chi connectivity index (χ0n) is 20.6. The second-order valence-corrected chi connectivity index (χ2v) is 9.40. The Kier molecular flexibility index (Phi) is 7.13. The first-order valence-electron chi connectivity index (χ1n) is 12.4. The Morgan fingerprint density at radius 2 is 1.57 bits per heavy atom. The Morgan fingerprint density at radius 1 is 0.838 bits per heavy atom. The molecular formula is C32H28F2N2O. The molecule has 3 nitrogen and oxygen atoms in total. The van der Waals surface area contributed by atoms with Crippen LogP contribution in [0.5, 0.6) is 0 Å². The van der Waals surface area contributed by atoms with Crippen LogP contribution in [0.4, 0.5) is 8.78 Å². The molecule has 0 aliphatic carbocycles. The molecule has 0 saturated heterocycles.